The van der Waals surface area contributed by atoms with E-state index >= 15 is 0 Å². The van der Waals surface area contributed by atoms with E-state index in [4.69, 9.17) is 23.2 Å². The molecule has 17 heavy (non-hydrogen) atoms. The molecule has 0 saturated heterocycles. The molecule has 0 fully saturated rings. The normalized spacial score (nSPS) is 10.3. The molecule has 0 aliphatic carbocycles. The lowest BCUT2D eigenvalue weighted by Crippen LogP contribution is -2.04. The molecule has 0 saturated carbocycles. The van der Waals surface area contributed by atoms with E-state index in [2.05, 4.69) is 10.3 Å². The van der Waals surface area contributed by atoms with Gasteiger partial charge in [-0.15, -0.1) is 11.3 Å². The van der Waals surface area contributed by atoms with Gasteiger partial charge in [-0.1, -0.05) is 29.3 Å². The largest absolute Gasteiger partial charge is 0.302 e. The third-order valence-corrected chi connectivity index (χ3v) is 3.50. The van der Waals surface area contributed by atoms with Crippen molar-refractivity contribution in [2.24, 2.45) is 0 Å². The van der Waals surface area contributed by atoms with Gasteiger partial charge in [0.15, 0.2) is 5.13 Å². The highest BCUT2D eigenvalue weighted by Gasteiger charge is 2.07. The van der Waals surface area contributed by atoms with Crippen LogP contribution in [-0.4, -0.2) is 10.9 Å². The number of aromatic nitrogens is 1. The summed E-state index contributed by atoms with van der Waals surface area (Å²) in [4.78, 5) is 15.2. The lowest BCUT2D eigenvalue weighted by Gasteiger charge is -1.99. The van der Waals surface area contributed by atoms with Crippen molar-refractivity contribution in [3.05, 3.63) is 33.6 Å². The number of nitrogens with one attached hydrogen (secondary N) is 1. The van der Waals surface area contributed by atoms with Crippen molar-refractivity contribution < 1.29 is 4.79 Å². The van der Waals surface area contributed by atoms with Gasteiger partial charge in [-0.2, -0.15) is 0 Å². The lowest BCUT2D eigenvalue weighted by molar-refractivity contribution is -0.114. The van der Waals surface area contributed by atoms with Crippen LogP contribution >= 0.6 is 34.5 Å². The third-order valence-electron chi connectivity index (χ3n) is 2.00. The number of hydrogen-bond acceptors (Lipinski definition) is 3. The van der Waals surface area contributed by atoms with Gasteiger partial charge in [-0.05, 0) is 12.1 Å². The van der Waals surface area contributed by atoms with Crippen LogP contribution in [0, 0.1) is 0 Å². The number of thiazole rings is 1. The summed E-state index contributed by atoms with van der Waals surface area (Å²) in [5, 5.41) is 6.04. The Hall–Kier alpha value is -1.10. The highest BCUT2D eigenvalue weighted by atomic mass is 35.5. The predicted octanol–water partition coefficient (Wildman–Crippen LogP) is 4.08. The first kappa shape index (κ1) is 12.4. The van der Waals surface area contributed by atoms with Crippen LogP contribution in [0.3, 0.4) is 0 Å². The molecule has 88 valence electrons. The third kappa shape index (κ3) is 2.97. The fraction of sp³-hybridized carbons (Fsp3) is 0.0909. The summed E-state index contributed by atoms with van der Waals surface area (Å²) in [6.45, 7) is 1.44. The van der Waals surface area contributed by atoms with Crippen LogP contribution < -0.4 is 5.32 Å². The summed E-state index contributed by atoms with van der Waals surface area (Å²) >= 11 is 13.1. The smallest absolute Gasteiger partial charge is 0.223 e. The zero-order valence-corrected chi connectivity index (χ0v) is 11.2. The minimum Gasteiger partial charge on any atom is -0.302 e. The molecule has 2 rings (SSSR count). The predicted molar refractivity (Wildman–Crippen MR) is 71.9 cm³/mol. The molecule has 0 radical (unpaired) electrons. The number of benzene rings is 1. The second kappa shape index (κ2) is 5.04. The number of carbonyl (C=O) groups is 1. The zero-order chi connectivity index (χ0) is 12.4. The number of rotatable bonds is 2. The summed E-state index contributed by atoms with van der Waals surface area (Å²) in [6, 6.07) is 5.30. The van der Waals surface area contributed by atoms with Crippen molar-refractivity contribution in [2.45, 2.75) is 6.92 Å². The van der Waals surface area contributed by atoms with E-state index in [1.54, 1.807) is 12.1 Å². The van der Waals surface area contributed by atoms with Gasteiger partial charge < -0.3 is 5.32 Å². The summed E-state index contributed by atoms with van der Waals surface area (Å²) < 4.78 is 0. The highest BCUT2D eigenvalue weighted by Crippen LogP contribution is 2.30. The summed E-state index contributed by atoms with van der Waals surface area (Å²) in [5.74, 6) is -0.139. The van der Waals surface area contributed by atoms with Crippen LogP contribution in [0.2, 0.25) is 10.0 Å². The Kier molecular flexibility index (Phi) is 3.66. The first-order chi connectivity index (χ1) is 8.06. The van der Waals surface area contributed by atoms with Crippen LogP contribution in [0.25, 0.3) is 11.3 Å². The molecular formula is C11H8Cl2N2OS. The standard InChI is InChI=1S/C11H8Cl2N2OS/c1-6(16)14-11-15-10(5-17-11)7-2-3-8(12)9(13)4-7/h2-5H,1H3,(H,14,15,16). The van der Waals surface area contributed by atoms with Crippen LogP contribution in [0.4, 0.5) is 5.13 Å². The minimum atomic E-state index is -0.139. The maximum Gasteiger partial charge on any atom is 0.223 e. The summed E-state index contributed by atoms with van der Waals surface area (Å²) in [5.41, 5.74) is 1.63. The Morgan fingerprint density at radius 3 is 2.76 bits per heavy atom. The van der Waals surface area contributed by atoms with Crippen LogP contribution in [0.1, 0.15) is 6.92 Å². The first-order valence-corrected chi connectivity index (χ1v) is 6.38. The average molecular weight is 287 g/mol. The van der Waals surface area contributed by atoms with Gasteiger partial charge in [0.1, 0.15) is 0 Å². The van der Waals surface area contributed by atoms with Crippen molar-refractivity contribution in [2.75, 3.05) is 5.32 Å². The number of halogens is 2. The first-order valence-electron chi connectivity index (χ1n) is 4.75. The molecule has 0 aliphatic heterocycles. The van der Waals surface area contributed by atoms with Crippen LogP contribution in [0.15, 0.2) is 23.6 Å². The molecule has 1 N–H and O–H groups in total. The van der Waals surface area contributed by atoms with Gasteiger partial charge in [0, 0.05) is 17.9 Å². The van der Waals surface area contributed by atoms with Gasteiger partial charge in [-0.3, -0.25) is 4.79 Å². The van der Waals surface area contributed by atoms with Crippen molar-refractivity contribution in [3.63, 3.8) is 0 Å². The quantitative estimate of drug-likeness (QED) is 0.904. The van der Waals surface area contributed by atoms with E-state index in [0.717, 1.165) is 11.3 Å². The van der Waals surface area contributed by atoms with Crippen molar-refractivity contribution in [3.8, 4) is 11.3 Å². The summed E-state index contributed by atoms with van der Waals surface area (Å²) in [6.07, 6.45) is 0. The molecule has 0 spiro atoms. The van der Waals surface area contributed by atoms with Gasteiger partial charge in [0.25, 0.3) is 0 Å². The Labute approximate surface area is 112 Å². The Balaban J connectivity index is 2.30. The average Bonchev–Trinajstić information content (AvgIpc) is 2.69. The van der Waals surface area contributed by atoms with Gasteiger partial charge in [0.05, 0.1) is 15.7 Å². The number of anilines is 1. The molecule has 0 atom stereocenters. The molecular weight excluding hydrogens is 279 g/mol. The monoisotopic (exact) mass is 286 g/mol. The molecule has 1 heterocycles. The molecule has 6 heteroatoms. The Bertz CT molecular complexity index is 568. The van der Waals surface area contributed by atoms with Gasteiger partial charge in [0.2, 0.25) is 5.91 Å². The van der Waals surface area contributed by atoms with E-state index in [1.165, 1.54) is 18.3 Å². The highest BCUT2D eigenvalue weighted by molar-refractivity contribution is 7.14. The zero-order valence-electron chi connectivity index (χ0n) is 8.83. The fourth-order valence-electron chi connectivity index (χ4n) is 1.27. The van der Waals surface area contributed by atoms with Crippen LogP contribution in [-0.2, 0) is 4.79 Å². The molecule has 1 aromatic carbocycles. The van der Waals surface area contributed by atoms with Crippen molar-refractivity contribution >= 4 is 45.6 Å². The molecule has 2 aromatic rings. The minimum absolute atomic E-state index is 0.139. The molecule has 3 nitrogen and oxygen atoms in total. The number of nitrogens with zero attached hydrogens (tertiary/aromatic N) is 1. The molecule has 1 aromatic heterocycles. The van der Waals surface area contributed by atoms with E-state index in [-0.39, 0.29) is 5.91 Å². The molecule has 1 amide bonds. The SMILES string of the molecule is CC(=O)Nc1nc(-c2ccc(Cl)c(Cl)c2)cs1. The number of hydrogen-bond donors (Lipinski definition) is 1. The van der Waals surface area contributed by atoms with Gasteiger partial charge >= 0.3 is 0 Å². The van der Waals surface area contributed by atoms with Crippen molar-refractivity contribution in [1.82, 2.24) is 4.98 Å². The fourth-order valence-corrected chi connectivity index (χ4v) is 2.33. The number of carbonyl (C=O) groups excluding carboxylic acids is 1. The van der Waals surface area contributed by atoms with E-state index in [1.807, 2.05) is 11.4 Å². The molecule has 0 aliphatic rings. The molecule has 0 unspecified atom stereocenters. The second-order valence-corrected chi connectivity index (χ2v) is 5.02. The van der Waals surface area contributed by atoms with E-state index in [9.17, 15) is 4.79 Å². The van der Waals surface area contributed by atoms with E-state index < -0.39 is 0 Å². The maximum absolute atomic E-state index is 10.9. The number of amides is 1. The second-order valence-electron chi connectivity index (χ2n) is 3.35. The van der Waals surface area contributed by atoms with Gasteiger partial charge in [-0.25, -0.2) is 4.98 Å². The van der Waals surface area contributed by atoms with Crippen molar-refractivity contribution in [1.29, 1.82) is 0 Å². The lowest BCUT2D eigenvalue weighted by atomic mass is 10.2. The van der Waals surface area contributed by atoms with Crippen LogP contribution in [0.5, 0.6) is 0 Å². The molecule has 0 bridgehead atoms. The van der Waals surface area contributed by atoms with E-state index in [0.29, 0.717) is 15.2 Å². The topological polar surface area (TPSA) is 42.0 Å². The Morgan fingerprint density at radius 2 is 2.12 bits per heavy atom. The summed E-state index contributed by atoms with van der Waals surface area (Å²) in [7, 11) is 0. The Morgan fingerprint density at radius 1 is 1.35 bits per heavy atom. The maximum atomic E-state index is 10.9.